The maximum absolute atomic E-state index is 13.3. The maximum Gasteiger partial charge on any atom is 0.227 e. The highest BCUT2D eigenvalue weighted by molar-refractivity contribution is 6.10. The molecule has 168 valence electrons. The number of ether oxygens (including phenoxy) is 1. The Bertz CT molecular complexity index is 1010. The van der Waals surface area contributed by atoms with E-state index in [2.05, 4.69) is 22.8 Å². The van der Waals surface area contributed by atoms with Crippen molar-refractivity contribution in [1.29, 1.82) is 0 Å². The number of nitrogens with one attached hydrogen (secondary N) is 2. The van der Waals surface area contributed by atoms with Crippen LogP contribution in [0.25, 0.3) is 0 Å². The smallest absolute Gasteiger partial charge is 0.227 e. The molecule has 2 aliphatic heterocycles. The summed E-state index contributed by atoms with van der Waals surface area (Å²) in [6.45, 7) is 1.39. The summed E-state index contributed by atoms with van der Waals surface area (Å²) in [5, 5.41) is 7.44. The molecule has 2 fully saturated rings. The van der Waals surface area contributed by atoms with Gasteiger partial charge in [-0.2, -0.15) is 0 Å². The highest BCUT2D eigenvalue weighted by Gasteiger charge is 2.45. The Kier molecular flexibility index (Phi) is 5.77. The van der Waals surface area contributed by atoms with E-state index in [0.717, 1.165) is 60.8 Å². The molecule has 3 aliphatic rings. The van der Waals surface area contributed by atoms with E-state index in [1.807, 2.05) is 41.3 Å². The first-order valence-corrected chi connectivity index (χ1v) is 11.8. The minimum atomic E-state index is -0.369. The van der Waals surface area contributed by atoms with E-state index in [-0.39, 0.29) is 11.4 Å². The quantitative estimate of drug-likeness (QED) is 0.748. The summed E-state index contributed by atoms with van der Waals surface area (Å²) in [4.78, 5) is 20.5. The van der Waals surface area contributed by atoms with Crippen molar-refractivity contribution in [1.82, 2.24) is 4.90 Å². The molecule has 2 aromatic rings. The molecule has 1 saturated heterocycles. The molecule has 1 amide bonds. The van der Waals surface area contributed by atoms with Gasteiger partial charge in [0.15, 0.2) is 0 Å². The van der Waals surface area contributed by atoms with Crippen LogP contribution in [0.3, 0.4) is 0 Å². The van der Waals surface area contributed by atoms with Gasteiger partial charge in [0.05, 0.1) is 37.5 Å². The number of likely N-dealkylation sites (tertiary alicyclic amines) is 1. The van der Waals surface area contributed by atoms with Crippen LogP contribution in [-0.2, 0) is 11.2 Å². The minimum Gasteiger partial charge on any atom is -0.496 e. The molecule has 32 heavy (non-hydrogen) atoms. The van der Waals surface area contributed by atoms with Crippen LogP contribution >= 0.6 is 0 Å². The lowest BCUT2D eigenvalue weighted by Crippen LogP contribution is -2.62. The SMILES string of the molecule is COc1ccccc1CC(=O)N1CCC[C@@]2(C1)Nc1ccccc1NC2=NC1CCCC1. The predicted molar refractivity (Wildman–Crippen MR) is 129 cm³/mol. The maximum atomic E-state index is 13.3. The van der Waals surface area contributed by atoms with Crippen LogP contribution in [0.5, 0.6) is 5.75 Å². The number of carbonyl (C=O) groups excluding carboxylic acids is 1. The Hall–Kier alpha value is -3.02. The molecular weight excluding hydrogens is 400 g/mol. The molecule has 2 heterocycles. The first kappa shape index (κ1) is 20.9. The number of rotatable bonds is 4. The normalized spacial score (nSPS) is 24.2. The van der Waals surface area contributed by atoms with Crippen LogP contribution in [0, 0.1) is 0 Å². The van der Waals surface area contributed by atoms with Crippen LogP contribution in [0.15, 0.2) is 53.5 Å². The average molecular weight is 433 g/mol. The fourth-order valence-electron chi connectivity index (χ4n) is 5.32. The van der Waals surface area contributed by atoms with Gasteiger partial charge in [0, 0.05) is 12.1 Å². The number of methoxy groups -OCH3 is 1. The zero-order valence-corrected chi connectivity index (χ0v) is 18.8. The average Bonchev–Trinajstić information content (AvgIpc) is 3.33. The van der Waals surface area contributed by atoms with Crippen molar-refractivity contribution in [3.63, 3.8) is 0 Å². The number of hydrogen-bond donors (Lipinski definition) is 2. The van der Waals surface area contributed by atoms with E-state index >= 15 is 0 Å². The van der Waals surface area contributed by atoms with Crippen LogP contribution < -0.4 is 15.4 Å². The molecule has 1 atom stereocenters. The Morgan fingerprint density at radius 2 is 1.84 bits per heavy atom. The number of nitrogens with zero attached hydrogens (tertiary/aromatic N) is 2. The van der Waals surface area contributed by atoms with Gasteiger partial charge in [0.2, 0.25) is 5.91 Å². The van der Waals surface area contributed by atoms with Crippen molar-refractivity contribution in [3.8, 4) is 5.75 Å². The van der Waals surface area contributed by atoms with Gasteiger partial charge >= 0.3 is 0 Å². The van der Waals surface area contributed by atoms with E-state index < -0.39 is 0 Å². The van der Waals surface area contributed by atoms with Gasteiger partial charge in [-0.25, -0.2) is 0 Å². The van der Waals surface area contributed by atoms with Crippen LogP contribution in [0.2, 0.25) is 0 Å². The number of fused-ring (bicyclic) bond motifs is 1. The van der Waals surface area contributed by atoms with Crippen molar-refractivity contribution < 1.29 is 9.53 Å². The second-order valence-electron chi connectivity index (χ2n) is 9.20. The summed E-state index contributed by atoms with van der Waals surface area (Å²) in [7, 11) is 1.65. The van der Waals surface area contributed by atoms with Crippen LogP contribution in [0.1, 0.15) is 44.1 Å². The molecule has 2 aromatic carbocycles. The molecule has 6 nitrogen and oxygen atoms in total. The second kappa shape index (κ2) is 8.85. The molecule has 1 saturated carbocycles. The van der Waals surface area contributed by atoms with Gasteiger partial charge in [0.1, 0.15) is 17.1 Å². The topological polar surface area (TPSA) is 66.0 Å². The summed E-state index contributed by atoms with van der Waals surface area (Å²) < 4.78 is 5.46. The number of para-hydroxylation sites is 3. The highest BCUT2D eigenvalue weighted by Crippen LogP contribution is 2.37. The van der Waals surface area contributed by atoms with Crippen molar-refractivity contribution >= 4 is 23.1 Å². The number of amides is 1. The first-order valence-electron chi connectivity index (χ1n) is 11.8. The summed E-state index contributed by atoms with van der Waals surface area (Å²) in [5.74, 6) is 1.90. The molecule has 0 radical (unpaired) electrons. The Balaban J connectivity index is 1.42. The number of anilines is 2. The van der Waals surface area contributed by atoms with E-state index in [1.165, 1.54) is 12.8 Å². The Morgan fingerprint density at radius 1 is 1.09 bits per heavy atom. The lowest BCUT2D eigenvalue weighted by Gasteiger charge is -2.47. The van der Waals surface area contributed by atoms with Crippen molar-refractivity contribution in [2.75, 3.05) is 30.8 Å². The first-order chi connectivity index (χ1) is 15.7. The summed E-state index contributed by atoms with van der Waals surface area (Å²) in [5.41, 5.74) is 2.70. The van der Waals surface area contributed by atoms with E-state index in [4.69, 9.17) is 9.73 Å². The van der Waals surface area contributed by atoms with Crippen molar-refractivity contribution in [3.05, 3.63) is 54.1 Å². The minimum absolute atomic E-state index is 0.134. The largest absolute Gasteiger partial charge is 0.496 e. The third-order valence-electron chi connectivity index (χ3n) is 7.02. The van der Waals surface area contributed by atoms with Gasteiger partial charge in [-0.05, 0) is 43.9 Å². The molecule has 1 spiro atoms. The fourth-order valence-corrected chi connectivity index (χ4v) is 5.32. The molecule has 0 bridgehead atoms. The Labute approximate surface area is 190 Å². The summed E-state index contributed by atoms with van der Waals surface area (Å²) >= 11 is 0. The molecular formula is C26H32N4O2. The number of piperidine rings is 1. The monoisotopic (exact) mass is 432 g/mol. The Morgan fingerprint density at radius 3 is 2.66 bits per heavy atom. The number of benzene rings is 2. The van der Waals surface area contributed by atoms with E-state index in [1.54, 1.807) is 7.11 Å². The number of hydrogen-bond acceptors (Lipinski definition) is 4. The van der Waals surface area contributed by atoms with E-state index in [0.29, 0.717) is 19.0 Å². The van der Waals surface area contributed by atoms with Crippen molar-refractivity contribution in [2.45, 2.75) is 56.5 Å². The molecule has 6 heteroatoms. The van der Waals surface area contributed by atoms with E-state index in [9.17, 15) is 4.79 Å². The number of aliphatic imine (C=N–C) groups is 1. The van der Waals surface area contributed by atoms with Crippen LogP contribution in [0.4, 0.5) is 11.4 Å². The standard InChI is InChI=1S/C26H32N4O2/c1-32-23-14-7-2-9-19(23)17-24(31)30-16-8-15-26(18-30)25(27-20-10-3-4-11-20)28-21-12-5-6-13-22(21)29-26/h2,5-7,9,12-14,20,29H,3-4,8,10-11,15-18H2,1H3,(H,27,28)/t26-/m0/s1. The van der Waals surface area contributed by atoms with Gasteiger partial charge in [0.25, 0.3) is 0 Å². The predicted octanol–water partition coefficient (Wildman–Crippen LogP) is 4.48. The van der Waals surface area contributed by atoms with Crippen molar-refractivity contribution in [2.24, 2.45) is 4.99 Å². The second-order valence-corrected chi connectivity index (χ2v) is 9.20. The molecule has 0 unspecified atom stereocenters. The fraction of sp³-hybridized carbons (Fsp3) is 0.462. The van der Waals surface area contributed by atoms with Crippen LogP contribution in [-0.4, -0.2) is 48.4 Å². The van der Waals surface area contributed by atoms with Gasteiger partial charge in [-0.15, -0.1) is 0 Å². The third kappa shape index (κ3) is 4.06. The third-order valence-corrected chi connectivity index (χ3v) is 7.02. The zero-order valence-electron chi connectivity index (χ0n) is 18.8. The molecule has 2 N–H and O–H groups in total. The summed E-state index contributed by atoms with van der Waals surface area (Å²) in [6.07, 6.45) is 7.05. The van der Waals surface area contributed by atoms with Gasteiger partial charge in [-0.1, -0.05) is 43.2 Å². The number of carbonyl (C=O) groups is 1. The lowest BCUT2D eigenvalue weighted by atomic mass is 9.84. The lowest BCUT2D eigenvalue weighted by molar-refractivity contribution is -0.131. The summed E-state index contributed by atoms with van der Waals surface area (Å²) in [6, 6.07) is 16.4. The zero-order chi connectivity index (χ0) is 22.0. The van der Waals surface area contributed by atoms with Gasteiger partial charge < -0.3 is 20.3 Å². The molecule has 1 aliphatic carbocycles. The highest BCUT2D eigenvalue weighted by atomic mass is 16.5. The molecule has 5 rings (SSSR count). The molecule has 0 aromatic heterocycles. The number of amidine groups is 1. The van der Waals surface area contributed by atoms with Gasteiger partial charge in [-0.3, -0.25) is 9.79 Å².